The van der Waals surface area contributed by atoms with Gasteiger partial charge in [0, 0.05) is 10.9 Å². The Balaban J connectivity index is 0.000000142. The first-order valence-electron chi connectivity index (χ1n) is 40.7. The Morgan fingerprint density at radius 1 is 0.252 bits per heavy atom. The summed E-state index contributed by atoms with van der Waals surface area (Å²) >= 11 is 0. The smallest absolute Gasteiger partial charge is 0.135 e. The van der Waals surface area contributed by atoms with Crippen LogP contribution >= 0.6 is 0 Å². The summed E-state index contributed by atoms with van der Waals surface area (Å²) in [5.74, 6) is 10.1. The first-order chi connectivity index (χ1) is 58.3. The summed E-state index contributed by atoms with van der Waals surface area (Å²) in [4.78, 5) is 0. The van der Waals surface area contributed by atoms with E-state index in [0.29, 0.717) is 6.61 Å². The highest BCUT2D eigenvalue weighted by Gasteiger charge is 2.28. The first kappa shape index (κ1) is 86.7. The van der Waals surface area contributed by atoms with Crippen LogP contribution in [0.2, 0.25) is 0 Å². The Kier molecular flexibility index (Phi) is 33.1. The van der Waals surface area contributed by atoms with Crippen molar-refractivity contribution in [2.75, 3.05) is 77.7 Å². The molecule has 0 aromatic heterocycles. The number of ether oxygens (including phenoxy) is 11. The Morgan fingerprint density at radius 2 is 0.496 bits per heavy atom. The molecule has 0 radical (unpaired) electrons. The molecule has 1 heterocycles. The largest absolute Gasteiger partial charge is 0.497 e. The molecule has 11 heteroatoms. The number of rotatable bonds is 26. The van der Waals surface area contributed by atoms with Gasteiger partial charge in [-0.25, -0.2) is 0 Å². The molecule has 1 aliphatic carbocycles. The minimum absolute atomic E-state index is 0.652. The van der Waals surface area contributed by atoms with Gasteiger partial charge in [-0.2, -0.15) is 0 Å². The van der Waals surface area contributed by atoms with Crippen LogP contribution in [-0.4, -0.2) is 77.7 Å². The molecule has 2 aliphatic rings. The molecule has 610 valence electrons. The lowest BCUT2D eigenvalue weighted by Gasteiger charge is -2.19. The fraction of sp³-hybridized carbons (Fsp3) is 0.222. The van der Waals surface area contributed by atoms with Crippen molar-refractivity contribution in [3.63, 3.8) is 0 Å². The highest BCUT2D eigenvalue weighted by Crippen LogP contribution is 2.50. The second-order valence-corrected chi connectivity index (χ2v) is 29.2. The van der Waals surface area contributed by atoms with Gasteiger partial charge < -0.3 is 52.1 Å². The van der Waals surface area contributed by atoms with Gasteiger partial charge in [-0.3, -0.25) is 0 Å². The van der Waals surface area contributed by atoms with Gasteiger partial charge in [0.15, 0.2) is 0 Å². The molecular weight excluding hydrogens is 1470 g/mol. The lowest BCUT2D eigenvalue weighted by atomic mass is 9.91. The summed E-state index contributed by atoms with van der Waals surface area (Å²) in [7, 11) is 16.9. The number of hydrogen-bond donors (Lipinski definition) is 0. The second-order valence-electron chi connectivity index (χ2n) is 29.2. The molecule has 0 saturated heterocycles. The predicted molar refractivity (Wildman–Crippen MR) is 489 cm³/mol. The van der Waals surface area contributed by atoms with Crippen LogP contribution in [0.4, 0.5) is 0 Å². The molecule has 0 bridgehead atoms. The lowest BCUT2D eigenvalue weighted by molar-refractivity contribution is 0.362. The first-order valence-corrected chi connectivity index (χ1v) is 40.7. The van der Waals surface area contributed by atoms with Gasteiger partial charge in [-0.1, -0.05) is 188 Å². The summed E-state index contributed by atoms with van der Waals surface area (Å²) in [6, 6.07) is 105. The maximum absolute atomic E-state index is 6.10. The van der Waals surface area contributed by atoms with E-state index in [9.17, 15) is 0 Å². The third-order valence-corrected chi connectivity index (χ3v) is 21.5. The van der Waals surface area contributed by atoms with Gasteiger partial charge in [-0.15, -0.1) is 0 Å². The zero-order chi connectivity index (χ0) is 83.5. The van der Waals surface area contributed by atoms with Crippen molar-refractivity contribution in [1.29, 1.82) is 0 Å². The minimum atomic E-state index is 0.652. The maximum Gasteiger partial charge on any atom is 0.135 e. The van der Waals surface area contributed by atoms with Crippen molar-refractivity contribution in [2.24, 2.45) is 0 Å². The maximum atomic E-state index is 6.10. The van der Waals surface area contributed by atoms with E-state index in [1.54, 1.807) is 71.1 Å². The highest BCUT2D eigenvalue weighted by atomic mass is 16.5. The Labute approximate surface area is 705 Å². The molecular formula is C108H112O11. The third-order valence-electron chi connectivity index (χ3n) is 21.5. The van der Waals surface area contributed by atoms with Crippen molar-refractivity contribution in [1.82, 2.24) is 0 Å². The fourth-order valence-corrected chi connectivity index (χ4v) is 14.6. The fourth-order valence-electron chi connectivity index (χ4n) is 14.6. The minimum Gasteiger partial charge on any atom is -0.497 e. The number of fused-ring (bicyclic) bond motifs is 8. The summed E-state index contributed by atoms with van der Waals surface area (Å²) in [6.07, 6.45) is 15.7. The molecule has 0 amide bonds. The summed E-state index contributed by atoms with van der Waals surface area (Å²) < 4.78 is 57.5. The molecule has 119 heavy (non-hydrogen) atoms. The van der Waals surface area contributed by atoms with Gasteiger partial charge in [0.25, 0.3) is 0 Å². The van der Waals surface area contributed by atoms with E-state index in [2.05, 4.69) is 208 Å². The molecule has 0 N–H and O–H groups in total. The monoisotopic (exact) mass is 1580 g/mol. The Bertz CT molecular complexity index is 4600. The topological polar surface area (TPSA) is 102 Å². The van der Waals surface area contributed by atoms with Crippen molar-refractivity contribution in [2.45, 2.75) is 84.5 Å². The quantitative estimate of drug-likeness (QED) is 0.0518. The second kappa shape index (κ2) is 45.4. The average Bonchev–Trinajstić information content (AvgIpc) is 1.59. The van der Waals surface area contributed by atoms with E-state index in [1.165, 1.54) is 116 Å². The molecule has 16 rings (SSSR count). The average molecular weight is 1590 g/mol. The van der Waals surface area contributed by atoms with Gasteiger partial charge in [0.2, 0.25) is 0 Å². The zero-order valence-electron chi connectivity index (χ0n) is 71.0. The number of methoxy groups -OCH3 is 10. The van der Waals surface area contributed by atoms with Gasteiger partial charge in [0.05, 0.1) is 71.1 Å². The van der Waals surface area contributed by atoms with E-state index in [-0.39, 0.29) is 0 Å². The standard InChI is InChI=1S/C28H22O.5C16H18O2/c1-17-7-5-8-18(2)26(17)19-12-13-21-20(15-19)16-25-24-11-6-14-29-28(24)23-10-4-3-9-22(23)27(21)25;5*1-17-15-9-5-13(6-10-15)3-4-14-7-11-16(18-2)12-8-14/h3-13,15H,14,16H2,1-2H3;5*5-12H,3-4H2,1-2H3. The van der Waals surface area contributed by atoms with Gasteiger partial charge in [-0.05, 0) is 317 Å². The van der Waals surface area contributed by atoms with Crippen LogP contribution in [0.1, 0.15) is 83.5 Å². The number of hydrogen-bond acceptors (Lipinski definition) is 11. The molecule has 11 nitrogen and oxygen atoms in total. The van der Waals surface area contributed by atoms with E-state index in [4.69, 9.17) is 52.1 Å². The van der Waals surface area contributed by atoms with Crippen molar-refractivity contribution >= 4 is 16.8 Å². The van der Waals surface area contributed by atoms with Crippen LogP contribution in [-0.2, 0) is 70.6 Å². The van der Waals surface area contributed by atoms with Crippen LogP contribution in [0.25, 0.3) is 39.1 Å². The predicted octanol–water partition coefficient (Wildman–Crippen LogP) is 24.5. The number of aryl methyl sites for hydroxylation is 12. The molecule has 14 aromatic carbocycles. The Hall–Kier alpha value is -13.1. The van der Waals surface area contributed by atoms with Crippen LogP contribution in [0.5, 0.6) is 63.2 Å². The lowest BCUT2D eigenvalue weighted by Crippen LogP contribution is -2.04. The Morgan fingerprint density at radius 3 is 0.739 bits per heavy atom. The zero-order valence-corrected chi connectivity index (χ0v) is 71.0. The normalized spacial score (nSPS) is 11.0. The summed E-state index contributed by atoms with van der Waals surface area (Å²) in [6.45, 7) is 5.06. The molecule has 0 saturated carbocycles. The highest BCUT2D eigenvalue weighted by molar-refractivity contribution is 6.07. The molecule has 0 fully saturated rings. The summed E-state index contributed by atoms with van der Waals surface area (Å²) in [5.41, 5.74) is 25.4. The van der Waals surface area contributed by atoms with Crippen LogP contribution in [0.3, 0.4) is 0 Å². The van der Waals surface area contributed by atoms with E-state index >= 15 is 0 Å². The van der Waals surface area contributed by atoms with Crippen LogP contribution in [0, 0.1) is 13.8 Å². The molecule has 0 spiro atoms. The molecule has 0 unspecified atom stereocenters. The van der Waals surface area contributed by atoms with Gasteiger partial charge in [0.1, 0.15) is 69.9 Å². The van der Waals surface area contributed by atoms with Crippen LogP contribution in [0.15, 0.2) is 309 Å². The van der Waals surface area contributed by atoms with Crippen LogP contribution < -0.4 is 52.1 Å². The molecule has 14 aromatic rings. The van der Waals surface area contributed by atoms with Crippen molar-refractivity contribution in [3.8, 4) is 85.5 Å². The summed E-state index contributed by atoms with van der Waals surface area (Å²) in [5, 5.41) is 2.52. The SMILES string of the molecule is COc1ccc(CCc2ccc(OC)cc2)cc1.COc1ccc(CCc2ccc(OC)cc2)cc1.COc1ccc(CCc2ccc(OC)cc2)cc1.COc1ccc(CCc2ccc(OC)cc2)cc1.COc1ccc(CCc2ccc(OC)cc2)cc1.Cc1cccc(C)c1-c1ccc2c(c1)Cc1c3c(c4ccccc4c1-2)OCC=C3. The number of benzene rings is 14. The van der Waals surface area contributed by atoms with Gasteiger partial charge >= 0.3 is 0 Å². The third kappa shape index (κ3) is 25.4. The van der Waals surface area contributed by atoms with E-state index in [0.717, 1.165) is 134 Å². The molecule has 0 atom stereocenters. The van der Waals surface area contributed by atoms with Crippen molar-refractivity contribution < 1.29 is 52.1 Å². The molecule has 1 aliphatic heterocycles. The van der Waals surface area contributed by atoms with Crippen molar-refractivity contribution in [3.05, 3.63) is 393 Å². The van der Waals surface area contributed by atoms with E-state index in [1.807, 2.05) is 121 Å². The van der Waals surface area contributed by atoms with E-state index < -0.39 is 0 Å².